The van der Waals surface area contributed by atoms with Gasteiger partial charge in [-0.3, -0.25) is 0 Å². The zero-order valence-electron chi connectivity index (χ0n) is 15.0. The van der Waals surface area contributed by atoms with Gasteiger partial charge in [-0.05, 0) is 79.0 Å². The molecule has 0 radical (unpaired) electrons. The molecule has 4 nitrogen and oxygen atoms in total. The smallest absolute Gasteiger partial charge is 0.171 e. The van der Waals surface area contributed by atoms with Crippen LogP contribution in [0, 0.1) is 0 Å². The molecule has 5 heteroatoms. The Kier molecular flexibility index (Phi) is 6.12. The van der Waals surface area contributed by atoms with Crippen LogP contribution in [0.4, 0.5) is 5.69 Å². The summed E-state index contributed by atoms with van der Waals surface area (Å²) >= 11 is 5.51. The van der Waals surface area contributed by atoms with Gasteiger partial charge in [0.05, 0.1) is 13.2 Å². The maximum Gasteiger partial charge on any atom is 0.171 e. The van der Waals surface area contributed by atoms with Crippen LogP contribution in [0.25, 0.3) is 0 Å². The summed E-state index contributed by atoms with van der Waals surface area (Å²) in [5.74, 6) is 1.72. The van der Waals surface area contributed by atoms with E-state index in [2.05, 4.69) is 29.3 Å². The van der Waals surface area contributed by atoms with Gasteiger partial charge in [0.2, 0.25) is 0 Å². The van der Waals surface area contributed by atoms with E-state index in [0.29, 0.717) is 11.7 Å². The predicted molar refractivity (Wildman–Crippen MR) is 110 cm³/mol. The average molecular weight is 369 g/mol. The number of anilines is 1. The maximum absolute atomic E-state index is 5.51. The van der Waals surface area contributed by atoms with Crippen molar-refractivity contribution in [2.24, 2.45) is 0 Å². The highest BCUT2D eigenvalue weighted by molar-refractivity contribution is 7.80. The van der Waals surface area contributed by atoms with Crippen LogP contribution in [-0.2, 0) is 6.42 Å². The third kappa shape index (κ3) is 4.55. The molecule has 0 spiro atoms. The van der Waals surface area contributed by atoms with Crippen molar-refractivity contribution in [3.63, 3.8) is 0 Å². The molecule has 2 aromatic carbocycles. The molecule has 0 saturated heterocycles. The molecule has 2 N–H and O–H groups in total. The SMILES string of the molecule is C=CCOc1ccc(NC(=S)NC2CCCc3cc(OC)ccc32)cc1. The molecule has 0 saturated carbocycles. The van der Waals surface area contributed by atoms with Gasteiger partial charge in [-0.1, -0.05) is 18.7 Å². The van der Waals surface area contributed by atoms with Crippen molar-refractivity contribution in [3.8, 4) is 11.5 Å². The lowest BCUT2D eigenvalue weighted by Crippen LogP contribution is -2.34. The number of thiocarbonyl (C=S) groups is 1. The highest BCUT2D eigenvalue weighted by Gasteiger charge is 2.21. The van der Waals surface area contributed by atoms with Crippen LogP contribution in [0.2, 0.25) is 0 Å². The molecule has 2 aromatic rings. The first kappa shape index (κ1) is 18.3. The molecule has 136 valence electrons. The number of rotatable bonds is 6. The fraction of sp³-hybridized carbons (Fsp3) is 0.286. The van der Waals surface area contributed by atoms with Crippen LogP contribution >= 0.6 is 12.2 Å². The van der Waals surface area contributed by atoms with Gasteiger partial charge in [0.1, 0.15) is 18.1 Å². The van der Waals surface area contributed by atoms with Gasteiger partial charge in [0, 0.05) is 5.69 Å². The number of fused-ring (bicyclic) bond motifs is 1. The number of ether oxygens (including phenoxy) is 2. The second kappa shape index (κ2) is 8.72. The van der Waals surface area contributed by atoms with Crippen molar-refractivity contribution in [2.75, 3.05) is 19.0 Å². The van der Waals surface area contributed by atoms with Gasteiger partial charge in [-0.15, -0.1) is 0 Å². The van der Waals surface area contributed by atoms with E-state index in [0.717, 1.165) is 36.4 Å². The largest absolute Gasteiger partial charge is 0.497 e. The van der Waals surface area contributed by atoms with Crippen LogP contribution in [0.15, 0.2) is 55.1 Å². The Labute approximate surface area is 160 Å². The number of hydrogen-bond donors (Lipinski definition) is 2. The molecule has 3 rings (SSSR count). The fourth-order valence-corrected chi connectivity index (χ4v) is 3.44. The van der Waals surface area contributed by atoms with Crippen molar-refractivity contribution in [1.29, 1.82) is 0 Å². The van der Waals surface area contributed by atoms with Crippen molar-refractivity contribution in [1.82, 2.24) is 5.32 Å². The summed E-state index contributed by atoms with van der Waals surface area (Å²) in [6.07, 6.45) is 5.01. The van der Waals surface area contributed by atoms with Crippen LogP contribution in [0.1, 0.15) is 30.0 Å². The first-order valence-electron chi connectivity index (χ1n) is 8.77. The van der Waals surface area contributed by atoms with Gasteiger partial charge in [0.25, 0.3) is 0 Å². The summed E-state index contributed by atoms with van der Waals surface area (Å²) in [6.45, 7) is 4.14. The van der Waals surface area contributed by atoms with Crippen molar-refractivity contribution >= 4 is 23.0 Å². The van der Waals surface area contributed by atoms with Gasteiger partial charge in [-0.2, -0.15) is 0 Å². The Morgan fingerprint density at radius 2 is 2.00 bits per heavy atom. The first-order valence-corrected chi connectivity index (χ1v) is 9.18. The lowest BCUT2D eigenvalue weighted by atomic mass is 9.87. The Morgan fingerprint density at radius 3 is 2.73 bits per heavy atom. The third-order valence-electron chi connectivity index (χ3n) is 4.45. The van der Waals surface area contributed by atoms with Gasteiger partial charge < -0.3 is 20.1 Å². The normalized spacial score (nSPS) is 15.5. The lowest BCUT2D eigenvalue weighted by molar-refractivity contribution is 0.363. The van der Waals surface area contributed by atoms with Crippen molar-refractivity contribution in [3.05, 3.63) is 66.2 Å². The lowest BCUT2D eigenvalue weighted by Gasteiger charge is -2.28. The molecule has 0 fully saturated rings. The number of hydrogen-bond acceptors (Lipinski definition) is 3. The molecule has 0 amide bonds. The number of nitrogens with one attached hydrogen (secondary N) is 2. The van der Waals surface area contributed by atoms with Gasteiger partial charge >= 0.3 is 0 Å². The number of benzene rings is 2. The van der Waals surface area contributed by atoms with E-state index in [1.165, 1.54) is 11.1 Å². The zero-order valence-corrected chi connectivity index (χ0v) is 15.8. The Bertz CT molecular complexity index is 774. The highest BCUT2D eigenvalue weighted by Crippen LogP contribution is 2.32. The van der Waals surface area contributed by atoms with Crippen LogP contribution in [-0.4, -0.2) is 18.8 Å². The van der Waals surface area contributed by atoms with E-state index in [9.17, 15) is 0 Å². The van der Waals surface area contributed by atoms with Crippen LogP contribution in [0.3, 0.4) is 0 Å². The van der Waals surface area contributed by atoms with Crippen LogP contribution in [0.5, 0.6) is 11.5 Å². The molecule has 26 heavy (non-hydrogen) atoms. The average Bonchev–Trinajstić information content (AvgIpc) is 2.67. The molecule has 1 unspecified atom stereocenters. The van der Waals surface area contributed by atoms with Crippen molar-refractivity contribution < 1.29 is 9.47 Å². The summed E-state index contributed by atoms with van der Waals surface area (Å²) in [6, 6.07) is 14.2. The molecular formula is C21H24N2O2S. The van der Waals surface area contributed by atoms with E-state index >= 15 is 0 Å². The fourth-order valence-electron chi connectivity index (χ4n) is 3.18. The summed E-state index contributed by atoms with van der Waals surface area (Å²) in [5.41, 5.74) is 3.56. The summed E-state index contributed by atoms with van der Waals surface area (Å²) in [4.78, 5) is 0. The monoisotopic (exact) mass is 368 g/mol. The van der Waals surface area contributed by atoms with Crippen LogP contribution < -0.4 is 20.1 Å². The van der Waals surface area contributed by atoms with E-state index < -0.39 is 0 Å². The molecule has 1 atom stereocenters. The van der Waals surface area contributed by atoms with E-state index in [1.807, 2.05) is 30.3 Å². The number of aryl methyl sites for hydroxylation is 1. The predicted octanol–water partition coefficient (Wildman–Crippen LogP) is 4.62. The maximum atomic E-state index is 5.51. The second-order valence-electron chi connectivity index (χ2n) is 6.23. The third-order valence-corrected chi connectivity index (χ3v) is 4.67. The standard InChI is InChI=1S/C21H24N2O2S/c1-3-13-25-17-9-7-16(8-10-17)22-21(26)23-20-6-4-5-15-14-18(24-2)11-12-19(15)20/h3,7-12,14,20H,1,4-6,13H2,2H3,(H2,22,23,26). The van der Waals surface area contributed by atoms with E-state index in [1.54, 1.807) is 13.2 Å². The van der Waals surface area contributed by atoms with Crippen molar-refractivity contribution in [2.45, 2.75) is 25.3 Å². The zero-order chi connectivity index (χ0) is 18.4. The molecule has 1 aliphatic rings. The minimum Gasteiger partial charge on any atom is -0.497 e. The quantitative estimate of drug-likeness (QED) is 0.575. The molecule has 1 aliphatic carbocycles. The Balaban J connectivity index is 1.61. The molecular weight excluding hydrogens is 344 g/mol. The summed E-state index contributed by atoms with van der Waals surface area (Å²) < 4.78 is 10.8. The second-order valence-corrected chi connectivity index (χ2v) is 6.64. The highest BCUT2D eigenvalue weighted by atomic mass is 32.1. The topological polar surface area (TPSA) is 42.5 Å². The molecule has 0 bridgehead atoms. The Morgan fingerprint density at radius 1 is 1.23 bits per heavy atom. The summed E-state index contributed by atoms with van der Waals surface area (Å²) in [5, 5.41) is 7.31. The van der Waals surface area contributed by atoms with Gasteiger partial charge in [-0.25, -0.2) is 0 Å². The Hall–Kier alpha value is -2.53. The van der Waals surface area contributed by atoms with E-state index in [4.69, 9.17) is 21.7 Å². The molecule has 0 aromatic heterocycles. The number of methoxy groups -OCH3 is 1. The van der Waals surface area contributed by atoms with Gasteiger partial charge in [0.15, 0.2) is 5.11 Å². The molecule has 0 heterocycles. The first-order chi connectivity index (χ1) is 12.7. The summed E-state index contributed by atoms with van der Waals surface area (Å²) in [7, 11) is 1.70. The molecule has 0 aliphatic heterocycles. The minimum absolute atomic E-state index is 0.222. The van der Waals surface area contributed by atoms with E-state index in [-0.39, 0.29) is 6.04 Å². The minimum atomic E-state index is 0.222.